The van der Waals surface area contributed by atoms with Crippen LogP contribution in [0, 0.1) is 5.82 Å². The first-order valence-electron chi connectivity index (χ1n) is 10.3. The fourth-order valence-electron chi connectivity index (χ4n) is 3.86. The number of aromatic nitrogens is 7. The average Bonchev–Trinajstić information content (AvgIpc) is 3.46. The lowest BCUT2D eigenvalue weighted by molar-refractivity contribution is -0.0503. The van der Waals surface area contributed by atoms with Gasteiger partial charge in [-0.2, -0.15) is 13.9 Å². The van der Waals surface area contributed by atoms with Gasteiger partial charge in [0.2, 0.25) is 11.6 Å². The number of hydrogen-bond acceptors (Lipinski definition) is 9. The minimum Gasteiger partial charge on any atom is -0.432 e. The fraction of sp³-hybridized carbons (Fsp3) is 0.300. The second-order valence-electron chi connectivity index (χ2n) is 7.64. The number of nitrogens with one attached hydrogen (secondary N) is 2. The van der Waals surface area contributed by atoms with Crippen molar-refractivity contribution in [3.63, 3.8) is 0 Å². The first kappa shape index (κ1) is 21.6. The Hall–Kier alpha value is -4.23. The van der Waals surface area contributed by atoms with Crippen LogP contribution in [0.1, 0.15) is 19.3 Å². The molecule has 4 aromatic rings. The molecular weight excluding hydrogens is 455 g/mol. The van der Waals surface area contributed by atoms with E-state index in [0.717, 1.165) is 12.8 Å². The van der Waals surface area contributed by atoms with Crippen LogP contribution in [-0.2, 0) is 0 Å². The largest absolute Gasteiger partial charge is 0.432 e. The summed E-state index contributed by atoms with van der Waals surface area (Å²) in [6.07, 6.45) is 10.2. The maximum Gasteiger partial charge on any atom is 0.387 e. The Bertz CT molecular complexity index is 1360. The number of fused-ring (bicyclic) bond motifs is 1. The van der Waals surface area contributed by atoms with Crippen molar-refractivity contribution in [2.75, 3.05) is 10.6 Å². The fourth-order valence-corrected chi connectivity index (χ4v) is 3.86. The molecule has 0 radical (unpaired) electrons. The number of ether oxygens (including phenoxy) is 1. The number of halogens is 3. The van der Waals surface area contributed by atoms with Gasteiger partial charge in [0.25, 0.3) is 5.56 Å². The summed E-state index contributed by atoms with van der Waals surface area (Å²) >= 11 is 0. The number of pyridine rings is 1. The molecule has 0 amide bonds. The van der Waals surface area contributed by atoms with E-state index in [1.807, 2.05) is 0 Å². The SMILES string of the molecule is O=c1c2ncnn2ccn1-c1cnc(N[C@H]2CC[C@H](Nc3ncc(OC(F)F)cn3)C2)c(F)c1. The third kappa shape index (κ3) is 4.46. The minimum absolute atomic E-state index is 0.00941. The topological polar surface area (TPSA) is 124 Å². The first-order valence-corrected chi connectivity index (χ1v) is 10.3. The lowest BCUT2D eigenvalue weighted by atomic mass is 10.2. The van der Waals surface area contributed by atoms with Crippen LogP contribution < -0.4 is 20.9 Å². The second-order valence-corrected chi connectivity index (χ2v) is 7.64. The molecule has 0 bridgehead atoms. The maximum absolute atomic E-state index is 14.8. The van der Waals surface area contributed by atoms with Gasteiger partial charge >= 0.3 is 6.61 Å². The van der Waals surface area contributed by atoms with E-state index in [-0.39, 0.29) is 40.9 Å². The van der Waals surface area contributed by atoms with Crippen molar-refractivity contribution in [3.8, 4) is 11.4 Å². The van der Waals surface area contributed by atoms with Gasteiger partial charge in [-0.05, 0) is 19.3 Å². The predicted octanol–water partition coefficient (Wildman–Crippen LogP) is 2.25. The minimum atomic E-state index is -2.94. The van der Waals surface area contributed by atoms with Crippen LogP contribution >= 0.6 is 0 Å². The quantitative estimate of drug-likeness (QED) is 0.416. The summed E-state index contributed by atoms with van der Waals surface area (Å²) in [7, 11) is 0. The zero-order valence-electron chi connectivity index (χ0n) is 17.5. The molecule has 11 nitrogen and oxygen atoms in total. The van der Waals surface area contributed by atoms with E-state index < -0.39 is 18.0 Å². The molecule has 4 heterocycles. The zero-order valence-corrected chi connectivity index (χ0v) is 17.5. The lowest BCUT2D eigenvalue weighted by Crippen LogP contribution is -2.23. The molecule has 2 atom stereocenters. The summed E-state index contributed by atoms with van der Waals surface area (Å²) in [6.45, 7) is -2.94. The molecule has 0 unspecified atom stereocenters. The molecular formula is C20H18F3N9O2. The van der Waals surface area contributed by atoms with E-state index in [1.54, 1.807) is 6.20 Å². The van der Waals surface area contributed by atoms with Crippen LogP contribution in [0.15, 0.2) is 48.2 Å². The highest BCUT2D eigenvalue weighted by molar-refractivity contribution is 5.45. The van der Waals surface area contributed by atoms with Crippen LogP contribution in [0.3, 0.4) is 0 Å². The first-order chi connectivity index (χ1) is 16.5. The average molecular weight is 473 g/mol. The highest BCUT2D eigenvalue weighted by Crippen LogP contribution is 2.26. The molecule has 0 aliphatic heterocycles. The maximum atomic E-state index is 14.8. The number of nitrogens with zero attached hydrogens (tertiary/aromatic N) is 7. The van der Waals surface area contributed by atoms with Crippen LogP contribution in [0.5, 0.6) is 5.75 Å². The molecule has 176 valence electrons. The monoisotopic (exact) mass is 473 g/mol. The Morgan fingerprint density at radius 2 is 1.79 bits per heavy atom. The summed E-state index contributed by atoms with van der Waals surface area (Å²) in [5.74, 6) is -0.355. The van der Waals surface area contributed by atoms with Crippen molar-refractivity contribution in [3.05, 3.63) is 59.5 Å². The van der Waals surface area contributed by atoms with Gasteiger partial charge in [-0.25, -0.2) is 28.8 Å². The molecule has 1 fully saturated rings. The predicted molar refractivity (Wildman–Crippen MR) is 114 cm³/mol. The van der Waals surface area contributed by atoms with Crippen molar-refractivity contribution in [1.29, 1.82) is 0 Å². The molecule has 0 saturated heterocycles. The Kier molecular flexibility index (Phi) is 5.69. The normalized spacial score (nSPS) is 17.9. The van der Waals surface area contributed by atoms with E-state index in [1.165, 1.54) is 46.3 Å². The van der Waals surface area contributed by atoms with Gasteiger partial charge < -0.3 is 15.4 Å². The Balaban J connectivity index is 1.22. The molecule has 1 aliphatic rings. The zero-order chi connectivity index (χ0) is 23.7. The molecule has 1 aliphatic carbocycles. The van der Waals surface area contributed by atoms with Crippen LogP contribution in [-0.4, -0.2) is 52.8 Å². The summed E-state index contributed by atoms with van der Waals surface area (Å²) in [4.78, 5) is 28.5. The molecule has 1 saturated carbocycles. The molecule has 0 spiro atoms. The third-order valence-corrected chi connectivity index (χ3v) is 5.41. The van der Waals surface area contributed by atoms with E-state index in [9.17, 15) is 18.0 Å². The molecule has 2 N–H and O–H groups in total. The third-order valence-electron chi connectivity index (χ3n) is 5.41. The van der Waals surface area contributed by atoms with Gasteiger partial charge in [0, 0.05) is 30.5 Å². The van der Waals surface area contributed by atoms with Gasteiger partial charge in [0.05, 0.1) is 24.3 Å². The second kappa shape index (κ2) is 8.96. The van der Waals surface area contributed by atoms with Crippen LogP contribution in [0.25, 0.3) is 11.3 Å². The van der Waals surface area contributed by atoms with Crippen LogP contribution in [0.2, 0.25) is 0 Å². The lowest BCUT2D eigenvalue weighted by Gasteiger charge is -2.16. The van der Waals surface area contributed by atoms with E-state index >= 15 is 0 Å². The molecule has 5 rings (SSSR count). The van der Waals surface area contributed by atoms with Gasteiger partial charge in [-0.1, -0.05) is 0 Å². The van der Waals surface area contributed by atoms with E-state index in [4.69, 9.17) is 0 Å². The van der Waals surface area contributed by atoms with Crippen molar-refractivity contribution >= 4 is 17.4 Å². The summed E-state index contributed by atoms with van der Waals surface area (Å²) in [6, 6.07) is 1.18. The van der Waals surface area contributed by atoms with Crippen molar-refractivity contribution in [1.82, 2.24) is 34.1 Å². The van der Waals surface area contributed by atoms with Crippen molar-refractivity contribution < 1.29 is 17.9 Å². The van der Waals surface area contributed by atoms with Gasteiger partial charge in [-0.3, -0.25) is 9.36 Å². The number of rotatable bonds is 7. The molecule has 14 heteroatoms. The van der Waals surface area contributed by atoms with Gasteiger partial charge in [0.1, 0.15) is 6.33 Å². The molecule has 34 heavy (non-hydrogen) atoms. The molecule has 0 aromatic carbocycles. The number of hydrogen-bond donors (Lipinski definition) is 2. The van der Waals surface area contributed by atoms with E-state index in [0.29, 0.717) is 6.42 Å². The standard InChI is InChI=1S/C20H18F3N9O2/c21-15-6-13(31-3-4-32-17(18(31)33)27-10-28-32)7-24-16(15)29-11-1-2-12(5-11)30-20-25-8-14(9-26-20)34-19(22)23/h3-4,6-12,19H,1-2,5H2,(H,24,29)(H,25,26,30)/t11-,12-/m0/s1. The number of anilines is 2. The van der Waals surface area contributed by atoms with Crippen LogP contribution in [0.4, 0.5) is 24.9 Å². The highest BCUT2D eigenvalue weighted by atomic mass is 19.3. The Morgan fingerprint density at radius 3 is 2.53 bits per heavy atom. The summed E-state index contributed by atoms with van der Waals surface area (Å²) in [5.41, 5.74) is -0.0571. The van der Waals surface area contributed by atoms with Crippen molar-refractivity contribution in [2.45, 2.75) is 38.0 Å². The summed E-state index contributed by atoms with van der Waals surface area (Å²) < 4.78 is 46.0. The Labute approximate surface area is 189 Å². The summed E-state index contributed by atoms with van der Waals surface area (Å²) in [5, 5.41) is 10.1. The Morgan fingerprint density at radius 1 is 1.03 bits per heavy atom. The van der Waals surface area contributed by atoms with E-state index in [2.05, 4.69) is 40.4 Å². The number of alkyl halides is 2. The smallest absolute Gasteiger partial charge is 0.387 e. The highest BCUT2D eigenvalue weighted by Gasteiger charge is 2.26. The van der Waals surface area contributed by atoms with Crippen molar-refractivity contribution in [2.24, 2.45) is 0 Å². The van der Waals surface area contributed by atoms with Gasteiger partial charge in [0.15, 0.2) is 17.4 Å². The van der Waals surface area contributed by atoms with Gasteiger partial charge in [-0.15, -0.1) is 0 Å². The molecule has 4 aromatic heterocycles.